The third kappa shape index (κ3) is 4.63. The summed E-state index contributed by atoms with van der Waals surface area (Å²) < 4.78 is 26.6. The summed E-state index contributed by atoms with van der Waals surface area (Å²) in [5, 5.41) is 0.625. The molecule has 4 rings (SSSR count). The first-order valence-corrected chi connectivity index (χ1v) is 12.9. The van der Waals surface area contributed by atoms with Crippen molar-refractivity contribution in [1.82, 2.24) is 14.3 Å². The number of anilines is 1. The predicted octanol–water partition coefficient (Wildman–Crippen LogP) is 3.51. The highest BCUT2D eigenvalue weighted by Crippen LogP contribution is 2.35. The van der Waals surface area contributed by atoms with Crippen LogP contribution in [0.25, 0.3) is 10.2 Å². The molecule has 1 amide bonds. The van der Waals surface area contributed by atoms with Crippen LogP contribution in [-0.4, -0.2) is 47.9 Å². The number of benzene rings is 1. The number of carbonyl (C=O) groups is 1. The van der Waals surface area contributed by atoms with Gasteiger partial charge in [0.2, 0.25) is 15.9 Å². The standard InChI is InChI=1S/C22H26N4O3S2/c1-15-9-10-16(2)20-19(15)24-22(30-20)26(14-18-8-4-5-11-23-18)21(27)17-7-6-12-25(13-17)31(3,28)29/h4-5,8-11,17H,6-7,12-14H2,1-3H3. The number of fused-ring (bicyclic) bond motifs is 1. The van der Waals surface area contributed by atoms with Gasteiger partial charge in [0.25, 0.3) is 0 Å². The lowest BCUT2D eigenvalue weighted by Crippen LogP contribution is -2.46. The maximum atomic E-state index is 13.7. The number of hydrogen-bond donors (Lipinski definition) is 0. The smallest absolute Gasteiger partial charge is 0.233 e. The van der Waals surface area contributed by atoms with Gasteiger partial charge in [-0.1, -0.05) is 29.5 Å². The highest BCUT2D eigenvalue weighted by Gasteiger charge is 2.34. The number of amides is 1. The van der Waals surface area contributed by atoms with Crippen LogP contribution in [0.5, 0.6) is 0 Å². The molecular weight excluding hydrogens is 432 g/mol. The normalized spacial score (nSPS) is 17.7. The molecule has 1 aliphatic heterocycles. The van der Waals surface area contributed by atoms with Crippen molar-refractivity contribution in [3.63, 3.8) is 0 Å². The van der Waals surface area contributed by atoms with Gasteiger partial charge in [0, 0.05) is 19.3 Å². The van der Waals surface area contributed by atoms with E-state index in [0.717, 1.165) is 27.0 Å². The number of aromatic nitrogens is 2. The van der Waals surface area contributed by atoms with Gasteiger partial charge in [0.15, 0.2) is 5.13 Å². The molecule has 9 heteroatoms. The van der Waals surface area contributed by atoms with E-state index in [0.29, 0.717) is 31.1 Å². The minimum absolute atomic E-state index is 0.103. The van der Waals surface area contributed by atoms with Gasteiger partial charge in [-0.2, -0.15) is 0 Å². The average Bonchev–Trinajstić information content (AvgIpc) is 3.21. The largest absolute Gasteiger partial charge is 0.282 e. The van der Waals surface area contributed by atoms with Crippen LogP contribution in [-0.2, 0) is 21.4 Å². The Morgan fingerprint density at radius 3 is 2.68 bits per heavy atom. The highest BCUT2D eigenvalue weighted by molar-refractivity contribution is 7.88. The van der Waals surface area contributed by atoms with Crippen LogP contribution in [0.2, 0.25) is 0 Å². The molecule has 7 nitrogen and oxygen atoms in total. The first kappa shape index (κ1) is 21.9. The fourth-order valence-electron chi connectivity index (χ4n) is 3.92. The van der Waals surface area contributed by atoms with Gasteiger partial charge in [-0.05, 0) is 49.9 Å². The summed E-state index contributed by atoms with van der Waals surface area (Å²) in [7, 11) is -3.34. The molecule has 1 saturated heterocycles. The number of pyridine rings is 1. The molecule has 1 unspecified atom stereocenters. The molecule has 2 aromatic heterocycles. The molecule has 164 valence electrons. The maximum Gasteiger partial charge on any atom is 0.233 e. The van der Waals surface area contributed by atoms with Gasteiger partial charge in [-0.3, -0.25) is 14.7 Å². The van der Waals surface area contributed by atoms with E-state index in [4.69, 9.17) is 4.98 Å². The van der Waals surface area contributed by atoms with E-state index in [9.17, 15) is 13.2 Å². The quantitative estimate of drug-likeness (QED) is 0.584. The average molecular weight is 459 g/mol. The lowest BCUT2D eigenvalue weighted by Gasteiger charge is -2.32. The fraction of sp³-hybridized carbons (Fsp3) is 0.409. The molecule has 1 aromatic carbocycles. The van der Waals surface area contributed by atoms with Gasteiger partial charge in [0.05, 0.1) is 34.6 Å². The summed E-state index contributed by atoms with van der Waals surface area (Å²) in [6.07, 6.45) is 4.23. The predicted molar refractivity (Wildman–Crippen MR) is 124 cm³/mol. The third-order valence-corrected chi connectivity index (χ3v) is 8.16. The topological polar surface area (TPSA) is 83.5 Å². The second kappa shape index (κ2) is 8.64. The van der Waals surface area contributed by atoms with E-state index in [2.05, 4.69) is 11.1 Å². The molecular formula is C22H26N4O3S2. The lowest BCUT2D eigenvalue weighted by atomic mass is 9.98. The van der Waals surface area contributed by atoms with Gasteiger partial charge in [-0.15, -0.1) is 0 Å². The summed E-state index contributed by atoms with van der Waals surface area (Å²) in [5.74, 6) is -0.505. The highest BCUT2D eigenvalue weighted by atomic mass is 32.2. The van der Waals surface area contributed by atoms with Crippen LogP contribution in [0.15, 0.2) is 36.5 Å². The number of thiazole rings is 1. The molecule has 0 saturated carbocycles. The molecule has 3 aromatic rings. The zero-order valence-corrected chi connectivity index (χ0v) is 19.5. The van der Waals surface area contributed by atoms with Gasteiger partial charge in [-0.25, -0.2) is 17.7 Å². The Kier molecular flexibility index (Phi) is 6.09. The van der Waals surface area contributed by atoms with Crippen molar-refractivity contribution in [3.05, 3.63) is 53.3 Å². The van der Waals surface area contributed by atoms with Gasteiger partial charge >= 0.3 is 0 Å². The zero-order valence-electron chi connectivity index (χ0n) is 17.9. The Morgan fingerprint density at radius 1 is 1.23 bits per heavy atom. The first-order chi connectivity index (χ1) is 14.7. The summed E-state index contributed by atoms with van der Waals surface area (Å²) in [6.45, 7) is 5.02. The first-order valence-electron chi connectivity index (χ1n) is 10.3. The number of aryl methyl sites for hydroxylation is 2. The Balaban J connectivity index is 1.72. The van der Waals surface area contributed by atoms with Crippen molar-refractivity contribution in [3.8, 4) is 0 Å². The molecule has 0 bridgehead atoms. The number of hydrogen-bond acceptors (Lipinski definition) is 6. The molecule has 1 fully saturated rings. The van der Waals surface area contributed by atoms with Crippen LogP contribution in [0.1, 0.15) is 29.7 Å². The fourth-order valence-corrected chi connectivity index (χ4v) is 5.95. The summed E-state index contributed by atoms with van der Waals surface area (Å²) in [4.78, 5) is 24.6. The molecule has 0 N–H and O–H groups in total. The van der Waals surface area contributed by atoms with Gasteiger partial charge < -0.3 is 0 Å². The third-order valence-electron chi connectivity index (χ3n) is 5.68. The Hall–Kier alpha value is -2.36. The number of piperidine rings is 1. The molecule has 0 aliphatic carbocycles. The summed E-state index contributed by atoms with van der Waals surface area (Å²) in [6, 6.07) is 9.72. The van der Waals surface area contributed by atoms with Crippen molar-refractivity contribution < 1.29 is 13.2 Å². The second-order valence-electron chi connectivity index (χ2n) is 8.08. The van der Waals surface area contributed by atoms with Crippen LogP contribution in [0.3, 0.4) is 0 Å². The van der Waals surface area contributed by atoms with Gasteiger partial charge in [0.1, 0.15) is 0 Å². The van der Waals surface area contributed by atoms with Crippen LogP contribution < -0.4 is 4.90 Å². The van der Waals surface area contributed by atoms with Crippen molar-refractivity contribution in [1.29, 1.82) is 0 Å². The van der Waals surface area contributed by atoms with E-state index in [1.807, 2.05) is 38.1 Å². The van der Waals surface area contributed by atoms with E-state index < -0.39 is 15.9 Å². The van der Waals surface area contributed by atoms with Crippen LogP contribution in [0.4, 0.5) is 5.13 Å². The SMILES string of the molecule is Cc1ccc(C)c2sc(N(Cc3ccccn3)C(=O)C3CCCN(S(C)(=O)=O)C3)nc12. The van der Waals surface area contributed by atoms with E-state index in [1.54, 1.807) is 11.1 Å². The molecule has 1 aliphatic rings. The number of sulfonamides is 1. The molecule has 0 radical (unpaired) electrons. The summed E-state index contributed by atoms with van der Waals surface area (Å²) >= 11 is 1.50. The Bertz CT molecular complexity index is 1170. The minimum Gasteiger partial charge on any atom is -0.282 e. The Morgan fingerprint density at radius 2 is 2.00 bits per heavy atom. The lowest BCUT2D eigenvalue weighted by molar-refractivity contribution is -0.123. The molecule has 3 heterocycles. The molecule has 31 heavy (non-hydrogen) atoms. The van der Waals surface area contributed by atoms with Crippen LogP contribution in [0, 0.1) is 19.8 Å². The van der Waals surface area contributed by atoms with Crippen molar-refractivity contribution >= 4 is 42.6 Å². The van der Waals surface area contributed by atoms with Crippen molar-refractivity contribution in [2.75, 3.05) is 24.2 Å². The Labute approximate surface area is 186 Å². The zero-order chi connectivity index (χ0) is 22.2. The second-order valence-corrected chi connectivity index (χ2v) is 11.0. The van der Waals surface area contributed by atoms with Crippen molar-refractivity contribution in [2.45, 2.75) is 33.2 Å². The van der Waals surface area contributed by atoms with E-state index >= 15 is 0 Å². The van der Waals surface area contributed by atoms with E-state index in [-0.39, 0.29) is 12.5 Å². The molecule has 0 spiro atoms. The minimum atomic E-state index is -3.34. The number of carbonyl (C=O) groups excluding carboxylic acids is 1. The van der Waals surface area contributed by atoms with Crippen molar-refractivity contribution in [2.24, 2.45) is 5.92 Å². The monoisotopic (exact) mass is 458 g/mol. The van der Waals surface area contributed by atoms with Crippen LogP contribution >= 0.6 is 11.3 Å². The molecule has 1 atom stereocenters. The van der Waals surface area contributed by atoms with E-state index in [1.165, 1.54) is 21.9 Å². The number of rotatable bonds is 5. The maximum absolute atomic E-state index is 13.7. The number of nitrogens with zero attached hydrogens (tertiary/aromatic N) is 4. The summed E-state index contributed by atoms with van der Waals surface area (Å²) in [5.41, 5.74) is 3.85.